The molecule has 8 nitrogen and oxygen atoms in total. The van der Waals surface area contributed by atoms with Crippen molar-refractivity contribution in [1.82, 2.24) is 5.32 Å². The van der Waals surface area contributed by atoms with Gasteiger partial charge in [0.25, 0.3) is 0 Å². The Balaban J connectivity index is 1.61. The van der Waals surface area contributed by atoms with Crippen LogP contribution in [0.5, 0.6) is 5.75 Å². The number of hydrogen-bond donors (Lipinski definition) is 3. The predicted octanol–water partition coefficient (Wildman–Crippen LogP) is 1.38. The van der Waals surface area contributed by atoms with Crippen LogP contribution in [0, 0.1) is 0 Å². The maximum atomic E-state index is 11.6. The number of aliphatic hydroxyl groups is 2. The minimum absolute atomic E-state index is 0.0439. The van der Waals surface area contributed by atoms with Crippen LogP contribution in [0.25, 0.3) is 0 Å². The van der Waals surface area contributed by atoms with E-state index in [0.717, 1.165) is 16.9 Å². The van der Waals surface area contributed by atoms with Crippen LogP contribution in [0.2, 0.25) is 0 Å². The lowest BCUT2D eigenvalue weighted by Gasteiger charge is -2.42. The van der Waals surface area contributed by atoms with E-state index in [4.69, 9.17) is 18.9 Å². The number of carbonyl (C=O) groups excluding carboxylic acids is 1. The van der Waals surface area contributed by atoms with Crippen LogP contribution in [0.3, 0.4) is 0 Å². The average molecular weight is 431 g/mol. The lowest BCUT2D eigenvalue weighted by molar-refractivity contribution is -0.266. The molecule has 2 aromatic carbocycles. The minimum Gasteiger partial charge on any atom is -0.497 e. The van der Waals surface area contributed by atoms with Crippen molar-refractivity contribution in [2.75, 3.05) is 13.7 Å². The summed E-state index contributed by atoms with van der Waals surface area (Å²) in [6, 6.07) is 16.0. The highest BCUT2D eigenvalue weighted by atomic mass is 16.6. The molecule has 0 aromatic heterocycles. The van der Waals surface area contributed by atoms with Crippen LogP contribution in [-0.2, 0) is 32.2 Å². The summed E-state index contributed by atoms with van der Waals surface area (Å²) >= 11 is 0. The summed E-state index contributed by atoms with van der Waals surface area (Å²) in [6.07, 6.45) is -4.15. The lowest BCUT2D eigenvalue weighted by atomic mass is 9.96. The Morgan fingerprint density at radius 3 is 2.35 bits per heavy atom. The first-order chi connectivity index (χ1) is 15.0. The van der Waals surface area contributed by atoms with Gasteiger partial charge in [0, 0.05) is 6.92 Å². The van der Waals surface area contributed by atoms with Crippen molar-refractivity contribution < 1.29 is 34.0 Å². The molecule has 1 aliphatic rings. The molecule has 1 amide bonds. The van der Waals surface area contributed by atoms with Gasteiger partial charge < -0.3 is 34.5 Å². The largest absolute Gasteiger partial charge is 0.497 e. The normalized spacial score (nSPS) is 25.7. The maximum absolute atomic E-state index is 11.6. The van der Waals surface area contributed by atoms with Crippen molar-refractivity contribution in [2.45, 2.75) is 50.8 Å². The quantitative estimate of drug-likeness (QED) is 0.551. The summed E-state index contributed by atoms with van der Waals surface area (Å²) in [5.41, 5.74) is 1.84. The first-order valence-corrected chi connectivity index (χ1v) is 10.1. The molecular weight excluding hydrogens is 402 g/mol. The van der Waals surface area contributed by atoms with Gasteiger partial charge in [-0.25, -0.2) is 0 Å². The van der Waals surface area contributed by atoms with E-state index < -0.39 is 30.6 Å². The van der Waals surface area contributed by atoms with Crippen molar-refractivity contribution in [3.05, 3.63) is 65.7 Å². The summed E-state index contributed by atoms with van der Waals surface area (Å²) in [7, 11) is 1.60. The van der Waals surface area contributed by atoms with E-state index in [9.17, 15) is 15.0 Å². The molecule has 5 atom stereocenters. The Morgan fingerprint density at radius 1 is 1.03 bits per heavy atom. The van der Waals surface area contributed by atoms with Gasteiger partial charge in [0.1, 0.15) is 30.1 Å². The highest BCUT2D eigenvalue weighted by molar-refractivity contribution is 5.73. The zero-order valence-corrected chi connectivity index (χ0v) is 17.6. The van der Waals surface area contributed by atoms with Gasteiger partial charge >= 0.3 is 0 Å². The molecule has 0 unspecified atom stereocenters. The SMILES string of the molecule is COc1ccc(COC[C@H]2O[C@H](O)[C@H](NC(C)=O)[C@@H](OCc3ccccc3)[C@@H]2O)cc1. The van der Waals surface area contributed by atoms with Gasteiger partial charge in [0.05, 0.1) is 26.9 Å². The number of methoxy groups -OCH3 is 1. The van der Waals surface area contributed by atoms with Crippen molar-refractivity contribution in [3.63, 3.8) is 0 Å². The van der Waals surface area contributed by atoms with Crippen LogP contribution < -0.4 is 10.1 Å². The Kier molecular flexibility index (Phi) is 8.39. The highest BCUT2D eigenvalue weighted by Gasteiger charge is 2.46. The zero-order valence-electron chi connectivity index (χ0n) is 17.6. The second-order valence-corrected chi connectivity index (χ2v) is 7.41. The number of benzene rings is 2. The summed E-state index contributed by atoms with van der Waals surface area (Å²) in [4.78, 5) is 11.6. The van der Waals surface area contributed by atoms with Crippen molar-refractivity contribution in [3.8, 4) is 5.75 Å². The first kappa shape index (κ1) is 23.2. The molecule has 31 heavy (non-hydrogen) atoms. The van der Waals surface area contributed by atoms with Gasteiger partial charge in [-0.3, -0.25) is 4.79 Å². The van der Waals surface area contributed by atoms with Gasteiger partial charge in [-0.15, -0.1) is 0 Å². The van der Waals surface area contributed by atoms with E-state index in [1.54, 1.807) is 7.11 Å². The van der Waals surface area contributed by atoms with Gasteiger partial charge in [-0.05, 0) is 23.3 Å². The van der Waals surface area contributed by atoms with Crippen molar-refractivity contribution >= 4 is 5.91 Å². The number of amides is 1. The van der Waals surface area contributed by atoms with Crippen molar-refractivity contribution in [2.24, 2.45) is 0 Å². The monoisotopic (exact) mass is 431 g/mol. The fourth-order valence-corrected chi connectivity index (χ4v) is 3.44. The molecule has 8 heteroatoms. The number of nitrogens with one attached hydrogen (secondary N) is 1. The van der Waals surface area contributed by atoms with Crippen LogP contribution >= 0.6 is 0 Å². The number of ether oxygens (including phenoxy) is 4. The Bertz CT molecular complexity index is 814. The van der Waals surface area contributed by atoms with E-state index in [1.807, 2.05) is 54.6 Å². The molecule has 0 radical (unpaired) electrons. The van der Waals surface area contributed by atoms with Crippen LogP contribution in [0.4, 0.5) is 0 Å². The van der Waals surface area contributed by atoms with Crippen LogP contribution in [0.15, 0.2) is 54.6 Å². The van der Waals surface area contributed by atoms with E-state index in [1.165, 1.54) is 6.92 Å². The Hall–Kier alpha value is -2.49. The molecule has 0 saturated carbocycles. The summed E-state index contributed by atoms with van der Waals surface area (Å²) in [5, 5.41) is 23.9. The first-order valence-electron chi connectivity index (χ1n) is 10.1. The number of aliphatic hydroxyl groups excluding tert-OH is 2. The lowest BCUT2D eigenvalue weighted by Crippen LogP contribution is -2.64. The fourth-order valence-electron chi connectivity index (χ4n) is 3.44. The summed E-state index contributed by atoms with van der Waals surface area (Å²) < 4.78 is 22.3. The third-order valence-electron chi connectivity index (χ3n) is 5.06. The van der Waals surface area contributed by atoms with Gasteiger partial charge in [-0.2, -0.15) is 0 Å². The molecule has 3 rings (SSSR count). The van der Waals surface area contributed by atoms with E-state index in [0.29, 0.717) is 6.61 Å². The molecule has 2 aromatic rings. The zero-order chi connectivity index (χ0) is 22.2. The molecule has 0 spiro atoms. The predicted molar refractivity (Wildman–Crippen MR) is 112 cm³/mol. The smallest absolute Gasteiger partial charge is 0.217 e. The number of rotatable bonds is 9. The molecule has 1 saturated heterocycles. The molecule has 1 fully saturated rings. The van der Waals surface area contributed by atoms with Gasteiger partial charge in [-0.1, -0.05) is 42.5 Å². The molecular formula is C23H29NO7. The van der Waals surface area contributed by atoms with Crippen LogP contribution in [-0.4, -0.2) is 60.5 Å². The van der Waals surface area contributed by atoms with E-state index in [2.05, 4.69) is 5.32 Å². The summed E-state index contributed by atoms with van der Waals surface area (Å²) in [5.74, 6) is 0.391. The average Bonchev–Trinajstić information content (AvgIpc) is 2.77. The van der Waals surface area contributed by atoms with Gasteiger partial charge in [0.2, 0.25) is 5.91 Å². The molecule has 0 aliphatic carbocycles. The fraction of sp³-hybridized carbons (Fsp3) is 0.435. The maximum Gasteiger partial charge on any atom is 0.217 e. The van der Waals surface area contributed by atoms with Crippen LogP contribution in [0.1, 0.15) is 18.1 Å². The Labute approximate surface area is 181 Å². The Morgan fingerprint density at radius 2 is 1.71 bits per heavy atom. The third kappa shape index (κ3) is 6.49. The topological polar surface area (TPSA) is 106 Å². The van der Waals surface area contributed by atoms with Crippen molar-refractivity contribution in [1.29, 1.82) is 0 Å². The third-order valence-corrected chi connectivity index (χ3v) is 5.06. The molecule has 0 bridgehead atoms. The highest BCUT2D eigenvalue weighted by Crippen LogP contribution is 2.24. The second kappa shape index (κ2) is 11.2. The molecule has 3 N–H and O–H groups in total. The molecule has 1 aliphatic heterocycles. The standard InChI is InChI=1S/C23H29NO7/c1-15(25)24-20-22(30-13-16-6-4-3-5-7-16)21(26)19(31-23(20)27)14-29-12-17-8-10-18(28-2)11-9-17/h3-11,19-23,26-27H,12-14H2,1-2H3,(H,24,25)/t19-,20-,21-,22-,23+/m1/s1. The minimum atomic E-state index is -1.34. The molecule has 168 valence electrons. The van der Waals surface area contributed by atoms with E-state index >= 15 is 0 Å². The van der Waals surface area contributed by atoms with E-state index in [-0.39, 0.29) is 19.1 Å². The second-order valence-electron chi connectivity index (χ2n) is 7.41. The summed E-state index contributed by atoms with van der Waals surface area (Å²) in [6.45, 7) is 1.89. The number of carbonyl (C=O) groups is 1. The molecule has 1 heterocycles. The number of hydrogen-bond acceptors (Lipinski definition) is 7. The van der Waals surface area contributed by atoms with Gasteiger partial charge in [0.15, 0.2) is 6.29 Å².